The van der Waals surface area contributed by atoms with Gasteiger partial charge >= 0.3 is 0 Å². The molecule has 1 aliphatic rings. The van der Waals surface area contributed by atoms with E-state index < -0.39 is 0 Å². The fourth-order valence-electron chi connectivity index (χ4n) is 3.19. The van der Waals surface area contributed by atoms with Crippen LogP contribution in [0.1, 0.15) is 59.8 Å². The molecule has 114 valence electrons. The Balaban J connectivity index is 2.66. The summed E-state index contributed by atoms with van der Waals surface area (Å²) in [7, 11) is 0. The van der Waals surface area contributed by atoms with Gasteiger partial charge in [0.25, 0.3) is 0 Å². The third kappa shape index (κ3) is 5.80. The molecule has 0 spiro atoms. The lowest BCUT2D eigenvalue weighted by molar-refractivity contribution is -0.165. The molecule has 1 rings (SSSR count). The highest BCUT2D eigenvalue weighted by atomic mass is 16.7. The zero-order chi connectivity index (χ0) is 14.1. The molecule has 19 heavy (non-hydrogen) atoms. The predicted octanol–water partition coefficient (Wildman–Crippen LogP) is 3.58. The molecule has 1 aliphatic carbocycles. The van der Waals surface area contributed by atoms with Gasteiger partial charge in [0.1, 0.15) is 0 Å². The Morgan fingerprint density at radius 1 is 1.11 bits per heavy atom. The number of rotatable bonds is 9. The fraction of sp³-hybridized carbons (Fsp3) is 1.00. The highest BCUT2D eigenvalue weighted by Crippen LogP contribution is 2.32. The number of ether oxygens (including phenoxy) is 2. The summed E-state index contributed by atoms with van der Waals surface area (Å²) in [4.78, 5) is 0. The van der Waals surface area contributed by atoms with Gasteiger partial charge in [0, 0.05) is 13.2 Å². The average molecular weight is 271 g/mol. The Morgan fingerprint density at radius 3 is 2.32 bits per heavy atom. The van der Waals surface area contributed by atoms with Gasteiger partial charge in [0.2, 0.25) is 0 Å². The first-order chi connectivity index (χ1) is 9.22. The summed E-state index contributed by atoms with van der Waals surface area (Å²) in [5, 5.41) is 3.68. The third-order valence-corrected chi connectivity index (χ3v) is 4.07. The van der Waals surface area contributed by atoms with E-state index in [2.05, 4.69) is 19.2 Å². The van der Waals surface area contributed by atoms with Gasteiger partial charge < -0.3 is 14.8 Å². The largest absolute Gasteiger partial charge is 0.351 e. The van der Waals surface area contributed by atoms with Crippen molar-refractivity contribution >= 4 is 0 Å². The van der Waals surface area contributed by atoms with E-state index in [4.69, 9.17) is 9.47 Å². The van der Waals surface area contributed by atoms with Crippen molar-refractivity contribution in [3.05, 3.63) is 0 Å². The van der Waals surface area contributed by atoms with Gasteiger partial charge in [-0.05, 0) is 51.5 Å². The van der Waals surface area contributed by atoms with E-state index in [0.29, 0.717) is 12.0 Å². The van der Waals surface area contributed by atoms with Crippen LogP contribution in [0.25, 0.3) is 0 Å². The first-order valence-electron chi connectivity index (χ1n) is 8.19. The molecule has 0 aliphatic heterocycles. The summed E-state index contributed by atoms with van der Waals surface area (Å²) in [5.74, 6) is 1.53. The standard InChI is InChI=1S/C16H33NO2/c1-5-11-17-15(16(18-6-2)19-7-3)14-10-8-9-13(4)12-14/h13-17H,5-12H2,1-4H3. The van der Waals surface area contributed by atoms with Gasteiger partial charge in [-0.3, -0.25) is 0 Å². The summed E-state index contributed by atoms with van der Waals surface area (Å²) in [6.07, 6.45) is 6.41. The molecule has 3 nitrogen and oxygen atoms in total. The van der Waals surface area contributed by atoms with E-state index in [9.17, 15) is 0 Å². The topological polar surface area (TPSA) is 30.5 Å². The Kier molecular flexibility index (Phi) is 8.67. The summed E-state index contributed by atoms with van der Waals surface area (Å²) < 4.78 is 11.7. The van der Waals surface area contributed by atoms with Crippen molar-refractivity contribution in [3.63, 3.8) is 0 Å². The van der Waals surface area contributed by atoms with E-state index >= 15 is 0 Å². The maximum absolute atomic E-state index is 5.85. The molecule has 0 amide bonds. The van der Waals surface area contributed by atoms with Crippen LogP contribution in [0.2, 0.25) is 0 Å². The minimum Gasteiger partial charge on any atom is -0.351 e. The summed E-state index contributed by atoms with van der Waals surface area (Å²) in [6, 6.07) is 0.350. The molecule has 3 unspecified atom stereocenters. The second-order valence-electron chi connectivity index (χ2n) is 5.79. The summed E-state index contributed by atoms with van der Waals surface area (Å²) in [6.45, 7) is 11.2. The Morgan fingerprint density at radius 2 is 1.79 bits per heavy atom. The van der Waals surface area contributed by atoms with Crippen molar-refractivity contribution in [1.29, 1.82) is 0 Å². The van der Waals surface area contributed by atoms with Gasteiger partial charge in [0.15, 0.2) is 6.29 Å². The maximum Gasteiger partial charge on any atom is 0.172 e. The maximum atomic E-state index is 5.85. The van der Waals surface area contributed by atoms with Crippen LogP contribution in [0.5, 0.6) is 0 Å². The normalized spacial score (nSPS) is 25.7. The van der Waals surface area contributed by atoms with Crippen LogP contribution >= 0.6 is 0 Å². The van der Waals surface area contributed by atoms with Crippen molar-refractivity contribution in [2.45, 2.75) is 72.1 Å². The average Bonchev–Trinajstić information content (AvgIpc) is 2.40. The molecular weight excluding hydrogens is 238 g/mol. The van der Waals surface area contributed by atoms with Crippen LogP contribution in [-0.2, 0) is 9.47 Å². The molecule has 3 heteroatoms. The molecule has 3 atom stereocenters. The number of hydrogen-bond donors (Lipinski definition) is 1. The van der Waals surface area contributed by atoms with E-state index in [1.165, 1.54) is 25.7 Å². The molecule has 1 fully saturated rings. The zero-order valence-electron chi connectivity index (χ0n) is 13.3. The Labute approximate surface area is 119 Å². The Hall–Kier alpha value is -0.120. The van der Waals surface area contributed by atoms with Crippen LogP contribution in [-0.4, -0.2) is 32.1 Å². The first kappa shape index (κ1) is 16.9. The van der Waals surface area contributed by atoms with Gasteiger partial charge in [0.05, 0.1) is 6.04 Å². The van der Waals surface area contributed by atoms with Crippen molar-refractivity contribution in [2.75, 3.05) is 19.8 Å². The van der Waals surface area contributed by atoms with Crippen molar-refractivity contribution in [2.24, 2.45) is 11.8 Å². The van der Waals surface area contributed by atoms with E-state index in [0.717, 1.165) is 32.1 Å². The van der Waals surface area contributed by atoms with E-state index in [1.807, 2.05) is 13.8 Å². The smallest absolute Gasteiger partial charge is 0.172 e. The van der Waals surface area contributed by atoms with Gasteiger partial charge in [-0.1, -0.05) is 26.7 Å². The highest BCUT2D eigenvalue weighted by Gasteiger charge is 2.32. The van der Waals surface area contributed by atoms with Crippen LogP contribution in [0, 0.1) is 11.8 Å². The Bertz CT molecular complexity index is 212. The second kappa shape index (κ2) is 9.73. The van der Waals surface area contributed by atoms with Crippen molar-refractivity contribution < 1.29 is 9.47 Å². The lowest BCUT2D eigenvalue weighted by Crippen LogP contribution is -2.49. The fourth-order valence-corrected chi connectivity index (χ4v) is 3.19. The molecule has 0 aromatic rings. The minimum absolute atomic E-state index is 0.0863. The number of hydrogen-bond acceptors (Lipinski definition) is 3. The lowest BCUT2D eigenvalue weighted by atomic mass is 9.78. The van der Waals surface area contributed by atoms with Crippen LogP contribution < -0.4 is 5.32 Å². The number of nitrogens with one attached hydrogen (secondary N) is 1. The van der Waals surface area contributed by atoms with Crippen LogP contribution in [0.15, 0.2) is 0 Å². The quantitative estimate of drug-likeness (QED) is 0.650. The third-order valence-electron chi connectivity index (χ3n) is 4.07. The summed E-state index contributed by atoms with van der Waals surface area (Å²) >= 11 is 0. The molecule has 0 bridgehead atoms. The highest BCUT2D eigenvalue weighted by molar-refractivity contribution is 4.84. The SMILES string of the molecule is CCCNC(C1CCCC(C)C1)C(OCC)OCC. The van der Waals surface area contributed by atoms with Crippen LogP contribution in [0.3, 0.4) is 0 Å². The van der Waals surface area contributed by atoms with Gasteiger partial charge in [-0.15, -0.1) is 0 Å². The van der Waals surface area contributed by atoms with Gasteiger partial charge in [-0.2, -0.15) is 0 Å². The predicted molar refractivity (Wildman–Crippen MR) is 80.2 cm³/mol. The van der Waals surface area contributed by atoms with E-state index in [-0.39, 0.29) is 6.29 Å². The van der Waals surface area contributed by atoms with Crippen molar-refractivity contribution in [1.82, 2.24) is 5.32 Å². The lowest BCUT2D eigenvalue weighted by Gasteiger charge is -2.37. The molecule has 0 aromatic carbocycles. The molecule has 1 saturated carbocycles. The molecule has 1 N–H and O–H groups in total. The minimum atomic E-state index is -0.0863. The zero-order valence-corrected chi connectivity index (χ0v) is 13.3. The molecule has 0 saturated heterocycles. The monoisotopic (exact) mass is 271 g/mol. The molecule has 0 heterocycles. The summed E-state index contributed by atoms with van der Waals surface area (Å²) in [5.41, 5.74) is 0. The second-order valence-corrected chi connectivity index (χ2v) is 5.79. The molecule has 0 aromatic heterocycles. The van der Waals surface area contributed by atoms with Gasteiger partial charge in [-0.25, -0.2) is 0 Å². The van der Waals surface area contributed by atoms with Crippen LogP contribution in [0.4, 0.5) is 0 Å². The van der Waals surface area contributed by atoms with Crippen molar-refractivity contribution in [3.8, 4) is 0 Å². The molecule has 0 radical (unpaired) electrons. The first-order valence-corrected chi connectivity index (χ1v) is 8.19. The van der Waals surface area contributed by atoms with E-state index in [1.54, 1.807) is 0 Å². The molecular formula is C16H33NO2.